The number of hydrogen-bond acceptors (Lipinski definition) is 2. The van der Waals surface area contributed by atoms with Crippen molar-refractivity contribution in [3.05, 3.63) is 0 Å². The zero-order valence-electron chi connectivity index (χ0n) is 9.95. The number of carbonyl (C=O) groups excluding carboxylic acids is 1. The lowest BCUT2D eigenvalue weighted by Crippen LogP contribution is -2.43. The first kappa shape index (κ1) is 10.6. The number of rotatable bonds is 3. The van der Waals surface area contributed by atoms with Crippen molar-refractivity contribution in [2.45, 2.75) is 44.6 Å². The summed E-state index contributed by atoms with van der Waals surface area (Å²) in [7, 11) is 0. The third kappa shape index (κ3) is 2.10. The number of amides is 1. The molecule has 1 aliphatic heterocycles. The molecule has 0 aromatic rings. The lowest BCUT2D eigenvalue weighted by molar-refractivity contribution is -0.123. The van der Waals surface area contributed by atoms with Crippen LogP contribution in [0.15, 0.2) is 0 Å². The molecule has 2 aliphatic carbocycles. The van der Waals surface area contributed by atoms with Crippen LogP contribution in [0, 0.1) is 11.8 Å². The van der Waals surface area contributed by atoms with Gasteiger partial charge in [0.2, 0.25) is 5.91 Å². The highest BCUT2D eigenvalue weighted by atomic mass is 16.2. The molecule has 1 N–H and O–H groups in total. The number of likely N-dealkylation sites (tertiary alicyclic amines) is 1. The molecule has 3 rings (SSSR count). The molecule has 2 saturated carbocycles. The quantitative estimate of drug-likeness (QED) is 0.782. The fourth-order valence-corrected chi connectivity index (χ4v) is 3.82. The number of nitrogens with one attached hydrogen (secondary N) is 1. The second kappa shape index (κ2) is 4.36. The maximum absolute atomic E-state index is 11.9. The van der Waals surface area contributed by atoms with Crippen molar-refractivity contribution in [3.8, 4) is 0 Å². The lowest BCUT2D eigenvalue weighted by Gasteiger charge is -2.24. The summed E-state index contributed by atoms with van der Waals surface area (Å²) in [6, 6.07) is 0.508. The van der Waals surface area contributed by atoms with Crippen molar-refractivity contribution in [2.24, 2.45) is 11.8 Å². The smallest absolute Gasteiger partial charge is 0.234 e. The second-order valence-corrected chi connectivity index (χ2v) is 5.83. The van der Waals surface area contributed by atoms with Crippen LogP contribution >= 0.6 is 0 Å². The SMILES string of the molecule is O=C(CN1CCCC1)N[C@H]1C[C@H]2CC[C@H]1C2. The average molecular weight is 222 g/mol. The number of fused-ring (bicyclic) bond motifs is 2. The predicted octanol–water partition coefficient (Wildman–Crippen LogP) is 1.39. The van der Waals surface area contributed by atoms with E-state index < -0.39 is 0 Å². The van der Waals surface area contributed by atoms with E-state index in [2.05, 4.69) is 10.2 Å². The van der Waals surface area contributed by atoms with Gasteiger partial charge in [-0.2, -0.15) is 0 Å². The largest absolute Gasteiger partial charge is 0.352 e. The third-order valence-electron chi connectivity index (χ3n) is 4.65. The van der Waals surface area contributed by atoms with Crippen LogP contribution in [-0.2, 0) is 4.79 Å². The minimum atomic E-state index is 0.263. The average Bonchev–Trinajstić information content (AvgIpc) is 2.92. The van der Waals surface area contributed by atoms with Gasteiger partial charge in [-0.05, 0) is 57.0 Å². The first-order valence-corrected chi connectivity index (χ1v) is 6.83. The van der Waals surface area contributed by atoms with Crippen LogP contribution in [0.3, 0.4) is 0 Å². The molecule has 3 fully saturated rings. The molecule has 0 aromatic carbocycles. The third-order valence-corrected chi connectivity index (χ3v) is 4.65. The van der Waals surface area contributed by atoms with Gasteiger partial charge in [0.25, 0.3) is 0 Å². The molecule has 3 aliphatic rings. The minimum Gasteiger partial charge on any atom is -0.352 e. The van der Waals surface area contributed by atoms with E-state index in [1.807, 2.05) is 0 Å². The maximum atomic E-state index is 11.9. The van der Waals surface area contributed by atoms with Crippen molar-refractivity contribution in [1.82, 2.24) is 10.2 Å². The monoisotopic (exact) mass is 222 g/mol. The van der Waals surface area contributed by atoms with Gasteiger partial charge < -0.3 is 5.32 Å². The molecule has 3 nitrogen and oxygen atoms in total. The Morgan fingerprint density at radius 3 is 2.62 bits per heavy atom. The summed E-state index contributed by atoms with van der Waals surface area (Å²) in [5.74, 6) is 1.98. The Kier molecular flexibility index (Phi) is 2.88. The Bertz CT molecular complexity index is 273. The molecule has 3 heteroatoms. The van der Waals surface area contributed by atoms with Gasteiger partial charge in [-0.15, -0.1) is 0 Å². The van der Waals surface area contributed by atoms with E-state index in [9.17, 15) is 4.79 Å². The van der Waals surface area contributed by atoms with E-state index in [0.717, 1.165) is 24.9 Å². The van der Waals surface area contributed by atoms with Crippen molar-refractivity contribution >= 4 is 5.91 Å². The molecule has 3 atom stereocenters. The molecule has 1 heterocycles. The summed E-state index contributed by atoms with van der Waals surface area (Å²) in [4.78, 5) is 14.2. The fraction of sp³-hybridized carbons (Fsp3) is 0.923. The molecule has 0 aromatic heterocycles. The van der Waals surface area contributed by atoms with Crippen molar-refractivity contribution in [2.75, 3.05) is 19.6 Å². The Morgan fingerprint density at radius 2 is 2.00 bits per heavy atom. The van der Waals surface area contributed by atoms with Crippen LogP contribution in [0.5, 0.6) is 0 Å². The van der Waals surface area contributed by atoms with Gasteiger partial charge in [-0.1, -0.05) is 6.42 Å². The number of carbonyl (C=O) groups is 1. The molecular formula is C13H22N2O. The Labute approximate surface area is 97.6 Å². The van der Waals surface area contributed by atoms with Gasteiger partial charge in [0.05, 0.1) is 6.54 Å². The molecule has 0 radical (unpaired) electrons. The van der Waals surface area contributed by atoms with Crippen LogP contribution < -0.4 is 5.32 Å². The molecule has 0 unspecified atom stereocenters. The normalized spacial score (nSPS) is 38.1. The minimum absolute atomic E-state index is 0.263. The number of nitrogens with zero attached hydrogens (tertiary/aromatic N) is 1. The van der Waals surface area contributed by atoms with E-state index in [1.165, 1.54) is 38.5 Å². The van der Waals surface area contributed by atoms with Crippen LogP contribution in [0.4, 0.5) is 0 Å². The molecule has 1 saturated heterocycles. The fourth-order valence-electron chi connectivity index (χ4n) is 3.82. The highest BCUT2D eigenvalue weighted by molar-refractivity contribution is 5.78. The summed E-state index contributed by atoms with van der Waals surface area (Å²) in [5, 5.41) is 3.26. The van der Waals surface area contributed by atoms with Crippen LogP contribution in [0.2, 0.25) is 0 Å². The van der Waals surface area contributed by atoms with E-state index in [1.54, 1.807) is 0 Å². The highest BCUT2D eigenvalue weighted by Gasteiger charge is 2.40. The number of hydrogen-bond donors (Lipinski definition) is 1. The summed E-state index contributed by atoms with van der Waals surface area (Å²) in [6.07, 6.45) is 7.90. The Morgan fingerprint density at radius 1 is 1.19 bits per heavy atom. The standard InChI is InChI=1S/C13H22N2O/c16-13(9-15-5-1-2-6-15)14-12-8-10-3-4-11(12)7-10/h10-12H,1-9H2,(H,14,16)/t10-,11-,12-/m0/s1. The van der Waals surface area contributed by atoms with Gasteiger partial charge in [0.15, 0.2) is 0 Å². The highest BCUT2D eigenvalue weighted by Crippen LogP contribution is 2.44. The van der Waals surface area contributed by atoms with Gasteiger partial charge in [0, 0.05) is 6.04 Å². The second-order valence-electron chi connectivity index (χ2n) is 5.83. The Balaban J connectivity index is 1.45. The van der Waals surface area contributed by atoms with Gasteiger partial charge in [0.1, 0.15) is 0 Å². The van der Waals surface area contributed by atoms with Crippen molar-refractivity contribution < 1.29 is 4.79 Å². The molecule has 1 amide bonds. The van der Waals surface area contributed by atoms with E-state index >= 15 is 0 Å². The molecule has 2 bridgehead atoms. The van der Waals surface area contributed by atoms with E-state index in [-0.39, 0.29) is 5.91 Å². The molecule has 16 heavy (non-hydrogen) atoms. The van der Waals surface area contributed by atoms with E-state index in [4.69, 9.17) is 0 Å². The Hall–Kier alpha value is -0.570. The lowest BCUT2D eigenvalue weighted by atomic mass is 9.95. The van der Waals surface area contributed by atoms with Crippen molar-refractivity contribution in [1.29, 1.82) is 0 Å². The molecule has 90 valence electrons. The summed E-state index contributed by atoms with van der Waals surface area (Å²) >= 11 is 0. The van der Waals surface area contributed by atoms with E-state index in [0.29, 0.717) is 12.6 Å². The van der Waals surface area contributed by atoms with Crippen LogP contribution in [0.25, 0.3) is 0 Å². The predicted molar refractivity (Wildman–Crippen MR) is 63.1 cm³/mol. The van der Waals surface area contributed by atoms with Crippen LogP contribution in [-0.4, -0.2) is 36.5 Å². The summed E-state index contributed by atoms with van der Waals surface area (Å²) in [5.41, 5.74) is 0. The van der Waals surface area contributed by atoms with Crippen molar-refractivity contribution in [3.63, 3.8) is 0 Å². The topological polar surface area (TPSA) is 32.3 Å². The molecule has 0 spiro atoms. The zero-order chi connectivity index (χ0) is 11.0. The van der Waals surface area contributed by atoms with Gasteiger partial charge in [-0.25, -0.2) is 0 Å². The van der Waals surface area contributed by atoms with Gasteiger partial charge >= 0.3 is 0 Å². The summed E-state index contributed by atoms with van der Waals surface area (Å²) < 4.78 is 0. The maximum Gasteiger partial charge on any atom is 0.234 e. The summed E-state index contributed by atoms with van der Waals surface area (Å²) in [6.45, 7) is 2.86. The first-order valence-electron chi connectivity index (χ1n) is 6.83. The zero-order valence-corrected chi connectivity index (χ0v) is 9.95. The first-order chi connectivity index (χ1) is 7.81. The van der Waals surface area contributed by atoms with Gasteiger partial charge in [-0.3, -0.25) is 9.69 Å². The molecular weight excluding hydrogens is 200 g/mol. The van der Waals surface area contributed by atoms with Crippen LogP contribution in [0.1, 0.15) is 38.5 Å².